The van der Waals surface area contributed by atoms with Gasteiger partial charge in [0, 0.05) is 11.8 Å². The Morgan fingerprint density at radius 3 is 1.41 bits per heavy atom. The fourth-order valence-electron chi connectivity index (χ4n) is 3.52. The van der Waals surface area contributed by atoms with E-state index in [2.05, 4.69) is 0 Å². The highest BCUT2D eigenvalue weighted by Gasteiger charge is 2.51. The van der Waals surface area contributed by atoms with Crippen LogP contribution in [0.5, 0.6) is 0 Å². The van der Waals surface area contributed by atoms with E-state index in [0.717, 1.165) is 32.6 Å². The van der Waals surface area contributed by atoms with Crippen molar-refractivity contribution in [3.8, 4) is 0 Å². The summed E-state index contributed by atoms with van der Waals surface area (Å²) in [5, 5.41) is 2.90. The normalized spacial score (nSPS) is 11.0. The third-order valence-electron chi connectivity index (χ3n) is 4.93. The van der Waals surface area contributed by atoms with Crippen LogP contribution in [0.4, 0.5) is 0 Å². The van der Waals surface area contributed by atoms with Crippen molar-refractivity contribution in [2.24, 2.45) is 0 Å². The van der Waals surface area contributed by atoms with Gasteiger partial charge in [0.2, 0.25) is 0 Å². The summed E-state index contributed by atoms with van der Waals surface area (Å²) in [5.74, 6) is -0.394. The predicted octanol–water partition coefficient (Wildman–Crippen LogP) is 5.39. The van der Waals surface area contributed by atoms with Crippen LogP contribution in [-0.4, -0.2) is 11.1 Å². The Morgan fingerprint density at radius 2 is 1.03 bits per heavy atom. The van der Waals surface area contributed by atoms with Gasteiger partial charge >= 0.3 is 5.97 Å². The molecule has 0 fully saturated rings. The van der Waals surface area contributed by atoms with Crippen LogP contribution < -0.4 is 15.9 Å². The maximum atomic E-state index is 13.4. The van der Waals surface area contributed by atoms with Crippen molar-refractivity contribution in [2.75, 3.05) is 0 Å². The average Bonchev–Trinajstić information content (AvgIpc) is 2.84. The number of thioether (sulfide) groups is 1. The van der Waals surface area contributed by atoms with E-state index in [1.165, 1.54) is 6.92 Å². The van der Waals surface area contributed by atoms with Gasteiger partial charge < -0.3 is 0 Å². The molecule has 4 aromatic rings. The van der Waals surface area contributed by atoms with Crippen LogP contribution in [-0.2, 0) is 9.32 Å². The van der Waals surface area contributed by atoms with Crippen molar-refractivity contribution < 1.29 is 14.1 Å². The molecule has 0 aliphatic rings. The number of rotatable bonds is 6. The van der Waals surface area contributed by atoms with E-state index in [1.807, 2.05) is 91.0 Å². The van der Waals surface area contributed by atoms with Crippen molar-refractivity contribution in [1.82, 2.24) is 0 Å². The summed E-state index contributed by atoms with van der Waals surface area (Å²) >= 11 is 1.14. The molecule has 158 valence electrons. The summed E-state index contributed by atoms with van der Waals surface area (Å²) < 4.78 is 6.50. The molecule has 0 amide bonds. The number of hydrogen-bond donors (Lipinski definition) is 0. The lowest BCUT2D eigenvalue weighted by Crippen LogP contribution is -2.34. The van der Waals surface area contributed by atoms with Gasteiger partial charge in [-0.05, 0) is 60.7 Å². The van der Waals surface area contributed by atoms with Gasteiger partial charge in [0.25, 0.3) is 7.49 Å². The van der Waals surface area contributed by atoms with Crippen LogP contribution in [0, 0.1) is 0 Å². The maximum absolute atomic E-state index is 13.4. The largest absolute Gasteiger partial charge is 0.382 e. The van der Waals surface area contributed by atoms with Gasteiger partial charge in [-0.1, -0.05) is 66.4 Å². The molecular weight excluding hydrogens is 435 g/mol. The summed E-state index contributed by atoms with van der Waals surface area (Å²) in [7, 11) is -2.72. The second-order valence-corrected chi connectivity index (χ2v) is 11.3. The molecule has 3 nitrogen and oxygen atoms in total. The van der Waals surface area contributed by atoms with Crippen LogP contribution in [0.3, 0.4) is 0 Å². The highest BCUT2D eigenvalue weighted by molar-refractivity contribution is 8.13. The number of benzene rings is 4. The summed E-state index contributed by atoms with van der Waals surface area (Å²) in [4.78, 5) is 25.6. The molecule has 5 heteroatoms. The highest BCUT2D eigenvalue weighted by atomic mass is 32.2. The smallest absolute Gasteiger partial charge is 0.292 e. The molecule has 4 aromatic carbocycles. The lowest BCUT2D eigenvalue weighted by atomic mass is 10.2. The van der Waals surface area contributed by atoms with Gasteiger partial charge in [0.05, 0.1) is 5.56 Å². The molecule has 0 unspecified atom stereocenters. The number of hydrogen-bond acceptors (Lipinski definition) is 4. The first-order chi connectivity index (χ1) is 15.6. The van der Waals surface area contributed by atoms with Crippen molar-refractivity contribution in [2.45, 2.75) is 11.8 Å². The third-order valence-corrected chi connectivity index (χ3v) is 9.24. The summed E-state index contributed by atoms with van der Waals surface area (Å²) in [6, 6.07) is 36.8. The molecule has 0 atom stereocenters. The van der Waals surface area contributed by atoms with E-state index in [9.17, 15) is 9.59 Å². The molecule has 0 spiro atoms. The van der Waals surface area contributed by atoms with Crippen LogP contribution in [0.1, 0.15) is 17.3 Å². The Bertz CT molecular complexity index is 1100. The van der Waals surface area contributed by atoms with Crippen molar-refractivity contribution in [3.05, 3.63) is 121 Å². The molecular formula is C27H22O3PS+. The van der Waals surface area contributed by atoms with Crippen molar-refractivity contribution in [1.29, 1.82) is 0 Å². The fourth-order valence-corrected chi connectivity index (χ4v) is 7.47. The zero-order valence-corrected chi connectivity index (χ0v) is 19.3. The second kappa shape index (κ2) is 9.95. The monoisotopic (exact) mass is 457 g/mol. The van der Waals surface area contributed by atoms with Gasteiger partial charge in [0.15, 0.2) is 5.12 Å². The average molecular weight is 458 g/mol. The van der Waals surface area contributed by atoms with E-state index >= 15 is 0 Å². The second-order valence-electron chi connectivity index (χ2n) is 7.11. The van der Waals surface area contributed by atoms with Crippen molar-refractivity contribution >= 4 is 46.2 Å². The molecule has 0 radical (unpaired) electrons. The molecule has 32 heavy (non-hydrogen) atoms. The van der Waals surface area contributed by atoms with Gasteiger partial charge in [-0.2, -0.15) is 0 Å². The molecule has 0 saturated carbocycles. The van der Waals surface area contributed by atoms with Gasteiger partial charge in [0.1, 0.15) is 15.9 Å². The fraction of sp³-hybridized carbons (Fsp3) is 0.0370. The summed E-state index contributed by atoms with van der Waals surface area (Å²) in [5.41, 5.74) is 0.449. The predicted molar refractivity (Wildman–Crippen MR) is 134 cm³/mol. The molecule has 0 aliphatic carbocycles. The molecule has 0 aromatic heterocycles. The maximum Gasteiger partial charge on any atom is 0.382 e. The lowest BCUT2D eigenvalue weighted by Gasteiger charge is -2.25. The molecule has 4 rings (SSSR count). The van der Waals surface area contributed by atoms with Crippen molar-refractivity contribution in [3.63, 3.8) is 0 Å². The Hall–Kier alpha value is -3.20. The van der Waals surface area contributed by atoms with E-state index in [0.29, 0.717) is 5.56 Å². The van der Waals surface area contributed by atoms with Crippen LogP contribution in [0.25, 0.3) is 0 Å². The quantitative estimate of drug-likeness (QED) is 0.288. The van der Waals surface area contributed by atoms with Crippen LogP contribution in [0.15, 0.2) is 120 Å². The molecule has 0 bridgehead atoms. The van der Waals surface area contributed by atoms with Crippen LogP contribution in [0.2, 0.25) is 0 Å². The molecule has 0 heterocycles. The molecule has 0 N–H and O–H groups in total. The first-order valence-electron chi connectivity index (χ1n) is 10.2. The van der Waals surface area contributed by atoms with Crippen LogP contribution >= 0.6 is 19.3 Å². The molecule has 0 aliphatic heterocycles. The van der Waals surface area contributed by atoms with E-state index in [-0.39, 0.29) is 5.12 Å². The standard InChI is InChI=1S/C27H22O3PS/c1-21(28)32-26-19-17-22(18-20-26)27(29)30-31(23-11-5-2-6-12-23,24-13-7-3-8-14-24)25-15-9-4-10-16-25/h2-20H,1H3/q+1. The zero-order valence-electron chi connectivity index (χ0n) is 17.5. The van der Waals surface area contributed by atoms with E-state index < -0.39 is 13.5 Å². The van der Waals surface area contributed by atoms with E-state index in [1.54, 1.807) is 24.3 Å². The first-order valence-corrected chi connectivity index (χ1v) is 12.7. The Balaban J connectivity index is 1.82. The highest BCUT2D eigenvalue weighted by Crippen LogP contribution is 2.56. The Labute approximate surface area is 192 Å². The minimum absolute atomic E-state index is 0.00232. The number of carbonyl (C=O) groups excluding carboxylic acids is 2. The zero-order chi connectivity index (χ0) is 22.4. The Kier molecular flexibility index (Phi) is 6.84. The third kappa shape index (κ3) is 4.67. The van der Waals surface area contributed by atoms with Gasteiger partial charge in [-0.25, -0.2) is 4.79 Å². The first kappa shape index (κ1) is 22.0. The number of carbonyl (C=O) groups is 2. The minimum atomic E-state index is -2.72. The summed E-state index contributed by atoms with van der Waals surface area (Å²) in [6.45, 7) is 1.52. The van der Waals surface area contributed by atoms with E-state index in [4.69, 9.17) is 4.52 Å². The summed E-state index contributed by atoms with van der Waals surface area (Å²) in [6.07, 6.45) is 0. The lowest BCUT2D eigenvalue weighted by molar-refractivity contribution is -0.109. The van der Waals surface area contributed by atoms with Gasteiger partial charge in [-0.3, -0.25) is 9.32 Å². The Morgan fingerprint density at radius 1 is 0.625 bits per heavy atom. The topological polar surface area (TPSA) is 43.4 Å². The minimum Gasteiger partial charge on any atom is -0.292 e. The SMILES string of the molecule is CC(=O)Sc1ccc(C(=O)O[P+](c2ccccc2)(c2ccccc2)c2ccccc2)cc1. The molecule has 0 saturated heterocycles. The van der Waals surface area contributed by atoms with Gasteiger partial charge in [-0.15, -0.1) is 0 Å².